The number of nitrogens with zero attached hydrogens (tertiary/aromatic N) is 2. The number of imide groups is 1. The van der Waals surface area contributed by atoms with Crippen molar-refractivity contribution >= 4 is 35.3 Å². The first-order valence-electron chi connectivity index (χ1n) is 12.6. The third-order valence-corrected chi connectivity index (χ3v) is 6.67. The monoisotopic (exact) mass is 564 g/mol. The minimum atomic E-state index is -1.04. The molecule has 4 rings (SSSR count). The van der Waals surface area contributed by atoms with Crippen molar-refractivity contribution in [2.24, 2.45) is 11.1 Å². The average molecular weight is 565 g/mol. The zero-order valence-electron chi connectivity index (χ0n) is 22.0. The number of benzene rings is 3. The molecule has 2 atom stereocenters. The predicted octanol–water partition coefficient (Wildman–Crippen LogP) is 4.50. The number of nitrogens with one attached hydrogen (secondary N) is 2. The summed E-state index contributed by atoms with van der Waals surface area (Å²) < 4.78 is 5.45. The Morgan fingerprint density at radius 1 is 1.15 bits per heavy atom. The van der Waals surface area contributed by atoms with Crippen LogP contribution in [0.5, 0.6) is 11.5 Å². The largest absolute Gasteiger partial charge is 0.496 e. The summed E-state index contributed by atoms with van der Waals surface area (Å²) in [5.74, 6) is -0.721. The van der Waals surface area contributed by atoms with E-state index in [9.17, 15) is 14.4 Å². The van der Waals surface area contributed by atoms with E-state index in [0.717, 1.165) is 10.5 Å². The van der Waals surface area contributed by atoms with Gasteiger partial charge >= 0.3 is 12.0 Å². The number of para-hydroxylation sites is 1. The normalized spacial score (nSPS) is 17.0. The molecule has 11 heteroatoms. The Balaban J connectivity index is 1.57. The smallest absolute Gasteiger partial charge is 0.335 e. The van der Waals surface area contributed by atoms with Crippen LogP contribution < -0.4 is 20.2 Å². The van der Waals surface area contributed by atoms with Gasteiger partial charge in [0.15, 0.2) is 11.6 Å². The molecule has 208 valence electrons. The molecular weight excluding hydrogens is 536 g/mol. The molecule has 1 fully saturated rings. The molecule has 1 aliphatic heterocycles. The fourth-order valence-electron chi connectivity index (χ4n) is 4.25. The molecule has 1 aliphatic rings. The molecule has 3 amide bonds. The summed E-state index contributed by atoms with van der Waals surface area (Å²) in [5.41, 5.74) is 1.54. The number of carboxylic acid groups (broad SMARTS) is 1. The van der Waals surface area contributed by atoms with Crippen LogP contribution in [0.3, 0.4) is 0 Å². The Labute approximate surface area is 236 Å². The van der Waals surface area contributed by atoms with Crippen LogP contribution in [-0.4, -0.2) is 53.9 Å². The summed E-state index contributed by atoms with van der Waals surface area (Å²) in [4.78, 5) is 45.0. The first-order chi connectivity index (χ1) is 19.2. The van der Waals surface area contributed by atoms with E-state index in [1.807, 2.05) is 6.07 Å². The lowest BCUT2D eigenvalue weighted by molar-refractivity contribution is -0.131. The van der Waals surface area contributed by atoms with Crippen LogP contribution in [0.25, 0.3) is 0 Å². The number of carbonyl (C=O) groups excluding carboxylic acids is 2. The van der Waals surface area contributed by atoms with Crippen LogP contribution in [-0.2, 0) is 11.2 Å². The maximum atomic E-state index is 13.7. The van der Waals surface area contributed by atoms with Gasteiger partial charge in [0.25, 0.3) is 0 Å². The second-order valence-corrected chi connectivity index (χ2v) is 9.64. The standard InChI is InChI=1S/C29H29ClN4O6/c1-18(19-8-10-20(11-9-19)28(36)37)32-29(38)34-17-26(33-40-24-6-4-3-5-7-24)31-16-22(27(34)35)14-21-15-23(30)12-13-25(21)39-2/h3-13,15,18,22H,14,16-17H2,1-2H3,(H,31,33)(H,32,38)(H,36,37)/t18-,22-/m1/s1. The highest BCUT2D eigenvalue weighted by Gasteiger charge is 2.34. The minimum Gasteiger partial charge on any atom is -0.496 e. The van der Waals surface area contributed by atoms with E-state index in [2.05, 4.69) is 15.8 Å². The fraction of sp³-hybridized carbons (Fsp3) is 0.241. The van der Waals surface area contributed by atoms with E-state index in [1.54, 1.807) is 61.5 Å². The van der Waals surface area contributed by atoms with Crippen LogP contribution in [0.15, 0.2) is 78.0 Å². The average Bonchev–Trinajstić information content (AvgIpc) is 3.11. The van der Waals surface area contributed by atoms with Crippen LogP contribution in [0.2, 0.25) is 5.02 Å². The van der Waals surface area contributed by atoms with Gasteiger partial charge in [-0.1, -0.05) is 47.1 Å². The van der Waals surface area contributed by atoms with E-state index in [-0.39, 0.29) is 25.1 Å². The molecule has 1 saturated heterocycles. The van der Waals surface area contributed by atoms with Crippen molar-refractivity contribution in [2.45, 2.75) is 19.4 Å². The van der Waals surface area contributed by atoms with E-state index in [0.29, 0.717) is 27.9 Å². The molecule has 40 heavy (non-hydrogen) atoms. The second kappa shape index (κ2) is 13.0. The Kier molecular flexibility index (Phi) is 9.23. The number of oxime groups is 1. The highest BCUT2D eigenvalue weighted by molar-refractivity contribution is 6.30. The first kappa shape index (κ1) is 28.4. The fourth-order valence-corrected chi connectivity index (χ4v) is 4.44. The molecule has 0 saturated carbocycles. The van der Waals surface area contributed by atoms with Gasteiger partial charge in [0.2, 0.25) is 5.91 Å². The van der Waals surface area contributed by atoms with Gasteiger partial charge < -0.3 is 25.3 Å². The number of urea groups is 1. The third kappa shape index (κ3) is 7.09. The quantitative estimate of drug-likeness (QED) is 0.343. The van der Waals surface area contributed by atoms with Gasteiger partial charge in [-0.2, -0.15) is 0 Å². The number of ether oxygens (including phenoxy) is 1. The van der Waals surface area contributed by atoms with E-state index < -0.39 is 29.9 Å². The molecule has 0 aromatic heterocycles. The molecule has 3 N–H and O–H groups in total. The van der Waals surface area contributed by atoms with Gasteiger partial charge in [-0.25, -0.2) is 9.59 Å². The molecule has 0 spiro atoms. The lowest BCUT2D eigenvalue weighted by Crippen LogP contribution is -2.48. The van der Waals surface area contributed by atoms with Gasteiger partial charge in [0.1, 0.15) is 5.75 Å². The SMILES string of the molecule is COc1ccc(Cl)cc1C[C@@H]1CN/C(=N\Oc2ccccc2)CN(C(=O)N[C@H](C)c2ccc(C(=O)O)cc2)C1=O. The van der Waals surface area contributed by atoms with Crippen molar-refractivity contribution in [3.05, 3.63) is 94.5 Å². The number of hydrogen-bond acceptors (Lipinski definition) is 6. The number of carbonyl (C=O) groups is 3. The number of amidine groups is 1. The highest BCUT2D eigenvalue weighted by Crippen LogP contribution is 2.26. The first-order valence-corrected chi connectivity index (χ1v) is 12.9. The van der Waals surface area contributed by atoms with Gasteiger partial charge in [-0.15, -0.1) is 0 Å². The second-order valence-electron chi connectivity index (χ2n) is 9.20. The number of amides is 3. The molecule has 0 aliphatic carbocycles. The van der Waals surface area contributed by atoms with Crippen LogP contribution in [0, 0.1) is 5.92 Å². The summed E-state index contributed by atoms with van der Waals surface area (Å²) in [5, 5.41) is 19.8. The van der Waals surface area contributed by atoms with Gasteiger partial charge in [0.05, 0.1) is 31.2 Å². The summed E-state index contributed by atoms with van der Waals surface area (Å²) in [6.07, 6.45) is 0.262. The summed E-state index contributed by atoms with van der Waals surface area (Å²) in [6, 6.07) is 19.1. The molecule has 0 unspecified atom stereocenters. The Morgan fingerprint density at radius 2 is 1.88 bits per heavy atom. The topological polar surface area (TPSA) is 130 Å². The maximum absolute atomic E-state index is 13.7. The van der Waals surface area contributed by atoms with Gasteiger partial charge in [-0.3, -0.25) is 9.69 Å². The minimum absolute atomic E-state index is 0.134. The van der Waals surface area contributed by atoms with Crippen molar-refractivity contribution in [3.63, 3.8) is 0 Å². The number of carboxylic acids is 1. The summed E-state index contributed by atoms with van der Waals surface area (Å²) >= 11 is 6.21. The molecule has 3 aromatic rings. The number of rotatable bonds is 8. The van der Waals surface area contributed by atoms with Crippen LogP contribution in [0.4, 0.5) is 4.79 Å². The number of hydrogen-bond donors (Lipinski definition) is 3. The highest BCUT2D eigenvalue weighted by atomic mass is 35.5. The van der Waals surface area contributed by atoms with Crippen molar-refractivity contribution < 1.29 is 29.1 Å². The molecule has 1 heterocycles. The zero-order chi connectivity index (χ0) is 28.6. The molecule has 3 aromatic carbocycles. The van der Waals surface area contributed by atoms with E-state index in [4.69, 9.17) is 26.3 Å². The van der Waals surface area contributed by atoms with E-state index >= 15 is 0 Å². The van der Waals surface area contributed by atoms with Crippen molar-refractivity contribution in [1.82, 2.24) is 15.5 Å². The maximum Gasteiger partial charge on any atom is 0.335 e. The van der Waals surface area contributed by atoms with Crippen LogP contribution >= 0.6 is 11.6 Å². The zero-order valence-corrected chi connectivity index (χ0v) is 22.7. The number of methoxy groups -OCH3 is 1. The summed E-state index contributed by atoms with van der Waals surface area (Å²) in [7, 11) is 1.54. The lowest BCUT2D eigenvalue weighted by Gasteiger charge is -2.25. The molecule has 0 bridgehead atoms. The van der Waals surface area contributed by atoms with Gasteiger partial charge in [0, 0.05) is 11.6 Å². The Morgan fingerprint density at radius 3 is 2.55 bits per heavy atom. The van der Waals surface area contributed by atoms with Crippen molar-refractivity contribution in [3.8, 4) is 11.5 Å². The molecule has 10 nitrogen and oxygen atoms in total. The Hall–Kier alpha value is -4.57. The molecule has 0 radical (unpaired) electrons. The van der Waals surface area contributed by atoms with Crippen molar-refractivity contribution in [1.29, 1.82) is 0 Å². The molecular formula is C29H29ClN4O6. The van der Waals surface area contributed by atoms with E-state index in [1.165, 1.54) is 19.2 Å². The lowest BCUT2D eigenvalue weighted by atomic mass is 9.97. The number of aromatic carboxylic acids is 1. The van der Waals surface area contributed by atoms with Crippen molar-refractivity contribution in [2.75, 3.05) is 20.2 Å². The number of halogens is 1. The third-order valence-electron chi connectivity index (χ3n) is 6.43. The van der Waals surface area contributed by atoms with Crippen LogP contribution in [0.1, 0.15) is 34.5 Å². The predicted molar refractivity (Wildman–Crippen MR) is 150 cm³/mol. The van der Waals surface area contributed by atoms with Gasteiger partial charge in [-0.05, 0) is 66.9 Å². The Bertz CT molecular complexity index is 1400. The summed E-state index contributed by atoms with van der Waals surface area (Å²) in [6.45, 7) is 1.79.